The van der Waals surface area contributed by atoms with Gasteiger partial charge < -0.3 is 5.32 Å². The maximum Gasteiger partial charge on any atom is 0.270 e. The molecule has 0 unspecified atom stereocenters. The molecule has 0 aliphatic carbocycles. The van der Waals surface area contributed by atoms with E-state index < -0.39 is 4.92 Å². The van der Waals surface area contributed by atoms with Crippen LogP contribution in [0.4, 0.5) is 10.8 Å². The zero-order chi connectivity index (χ0) is 24.5. The van der Waals surface area contributed by atoms with Crippen LogP contribution in [0, 0.1) is 10.1 Å². The third kappa shape index (κ3) is 4.26. The number of nitrogens with one attached hydrogen (secondary N) is 1. The Kier molecular flexibility index (Phi) is 5.79. The number of imide groups is 1. The number of aromatic nitrogens is 1. The van der Waals surface area contributed by atoms with E-state index in [-0.39, 0.29) is 36.4 Å². The number of amides is 3. The summed E-state index contributed by atoms with van der Waals surface area (Å²) in [6, 6.07) is 16.8. The number of thiazole rings is 1. The summed E-state index contributed by atoms with van der Waals surface area (Å²) in [5.74, 6) is -1.02. The molecular weight excluding hydrogens is 468 g/mol. The predicted molar refractivity (Wildman–Crippen MR) is 131 cm³/mol. The number of nitrogens with zero attached hydrogens (tertiary/aromatic N) is 3. The van der Waals surface area contributed by atoms with Gasteiger partial charge in [0.1, 0.15) is 0 Å². The Morgan fingerprint density at radius 1 is 1.03 bits per heavy atom. The van der Waals surface area contributed by atoms with Crippen LogP contribution < -0.4 is 5.32 Å². The summed E-state index contributed by atoms with van der Waals surface area (Å²) >= 11 is 1.21. The van der Waals surface area contributed by atoms with Crippen molar-refractivity contribution in [3.8, 4) is 11.3 Å². The first-order valence-electron chi connectivity index (χ1n) is 10.8. The number of carbonyl (C=O) groups is 3. The van der Waals surface area contributed by atoms with E-state index >= 15 is 0 Å². The maximum atomic E-state index is 12.9. The third-order valence-electron chi connectivity index (χ3n) is 5.74. The zero-order valence-electron chi connectivity index (χ0n) is 18.3. The van der Waals surface area contributed by atoms with Gasteiger partial charge in [0.15, 0.2) is 5.13 Å². The Balaban J connectivity index is 1.21. The highest BCUT2D eigenvalue weighted by atomic mass is 32.1. The van der Waals surface area contributed by atoms with Crippen molar-refractivity contribution in [3.63, 3.8) is 0 Å². The zero-order valence-corrected chi connectivity index (χ0v) is 19.1. The standard InChI is InChI=1S/C25H18N4O5S/c30-21(27-25-26-20(14-35-25)16-7-1-8-17(13-16)29(33)34)11-4-12-28-23(31)18-9-2-5-15-6-3-10-19(22(15)18)24(28)32/h1-3,5-10,13-14H,4,11-12H2,(H,26,27,30). The molecule has 0 spiro atoms. The summed E-state index contributed by atoms with van der Waals surface area (Å²) in [7, 11) is 0. The molecule has 1 aliphatic heterocycles. The second kappa shape index (κ2) is 9.07. The minimum atomic E-state index is -0.477. The molecule has 3 amide bonds. The van der Waals surface area contributed by atoms with Crippen LogP contribution in [0.15, 0.2) is 66.0 Å². The van der Waals surface area contributed by atoms with Gasteiger partial charge in [-0.15, -0.1) is 11.3 Å². The van der Waals surface area contributed by atoms with E-state index in [2.05, 4.69) is 10.3 Å². The fourth-order valence-corrected chi connectivity index (χ4v) is 4.84. The minimum absolute atomic E-state index is 0.0400. The average molecular weight is 487 g/mol. The Labute approximate surface area is 203 Å². The fourth-order valence-electron chi connectivity index (χ4n) is 4.11. The largest absolute Gasteiger partial charge is 0.302 e. The summed E-state index contributed by atoms with van der Waals surface area (Å²) in [4.78, 5) is 54.3. The van der Waals surface area contributed by atoms with Gasteiger partial charge >= 0.3 is 0 Å². The van der Waals surface area contributed by atoms with Gasteiger partial charge in [-0.05, 0) is 23.9 Å². The van der Waals surface area contributed by atoms with E-state index in [4.69, 9.17) is 0 Å². The van der Waals surface area contributed by atoms with E-state index in [1.165, 1.54) is 28.4 Å². The van der Waals surface area contributed by atoms with Crippen LogP contribution in [0.2, 0.25) is 0 Å². The molecule has 0 atom stereocenters. The summed E-state index contributed by atoms with van der Waals surface area (Å²) in [5.41, 5.74) is 2.03. The molecule has 2 heterocycles. The Bertz CT molecular complexity index is 1460. The lowest BCUT2D eigenvalue weighted by Gasteiger charge is -2.27. The SMILES string of the molecule is O=C(CCCN1C(=O)c2cccc3cccc(c23)C1=O)Nc1nc(-c2cccc([N+](=O)[O-])c2)cs1. The molecule has 5 rings (SSSR count). The van der Waals surface area contributed by atoms with Gasteiger partial charge in [-0.25, -0.2) is 4.98 Å². The lowest BCUT2D eigenvalue weighted by molar-refractivity contribution is -0.384. The molecule has 1 aromatic heterocycles. The average Bonchev–Trinajstić information content (AvgIpc) is 3.33. The summed E-state index contributed by atoms with van der Waals surface area (Å²) in [6.45, 7) is 0.118. The summed E-state index contributed by atoms with van der Waals surface area (Å²) in [6.07, 6.45) is 0.388. The highest BCUT2D eigenvalue weighted by molar-refractivity contribution is 7.14. The molecule has 0 fully saturated rings. The first-order chi connectivity index (χ1) is 16.9. The maximum absolute atomic E-state index is 12.9. The monoisotopic (exact) mass is 486 g/mol. The van der Waals surface area contributed by atoms with Crippen molar-refractivity contribution in [2.24, 2.45) is 0 Å². The van der Waals surface area contributed by atoms with Crippen molar-refractivity contribution in [1.29, 1.82) is 0 Å². The molecule has 1 N–H and O–H groups in total. The Morgan fingerprint density at radius 2 is 1.71 bits per heavy atom. The number of hydrogen-bond donors (Lipinski definition) is 1. The number of nitro groups is 1. The molecule has 0 radical (unpaired) electrons. The number of benzene rings is 3. The van der Waals surface area contributed by atoms with E-state index in [0.29, 0.717) is 39.3 Å². The Morgan fingerprint density at radius 3 is 2.40 bits per heavy atom. The van der Waals surface area contributed by atoms with Crippen LogP contribution in [-0.4, -0.2) is 39.1 Å². The van der Waals surface area contributed by atoms with Gasteiger partial charge in [0, 0.05) is 52.6 Å². The van der Waals surface area contributed by atoms with Gasteiger partial charge in [-0.1, -0.05) is 36.4 Å². The van der Waals surface area contributed by atoms with Crippen LogP contribution >= 0.6 is 11.3 Å². The molecule has 9 nitrogen and oxygen atoms in total. The van der Waals surface area contributed by atoms with Crippen molar-refractivity contribution >= 4 is 50.6 Å². The second-order valence-electron chi connectivity index (χ2n) is 7.97. The van der Waals surface area contributed by atoms with Gasteiger partial charge in [0.2, 0.25) is 5.91 Å². The van der Waals surface area contributed by atoms with E-state index in [1.807, 2.05) is 12.1 Å². The van der Waals surface area contributed by atoms with Crippen LogP contribution in [0.1, 0.15) is 33.6 Å². The normalized spacial score (nSPS) is 12.7. The first-order valence-corrected chi connectivity index (χ1v) is 11.7. The van der Waals surface area contributed by atoms with E-state index in [1.54, 1.807) is 41.8 Å². The molecular formula is C25H18N4O5S. The molecule has 4 aromatic rings. The van der Waals surface area contributed by atoms with Crippen molar-refractivity contribution in [2.75, 3.05) is 11.9 Å². The van der Waals surface area contributed by atoms with Gasteiger partial charge in [0.25, 0.3) is 17.5 Å². The number of rotatable bonds is 7. The van der Waals surface area contributed by atoms with Crippen LogP contribution in [-0.2, 0) is 4.79 Å². The predicted octanol–water partition coefficient (Wildman–Crippen LogP) is 4.89. The number of carbonyl (C=O) groups excluding carboxylic acids is 3. The number of nitro benzene ring substituents is 1. The van der Waals surface area contributed by atoms with Gasteiger partial charge in [0.05, 0.1) is 10.6 Å². The van der Waals surface area contributed by atoms with Gasteiger partial charge in [-0.2, -0.15) is 0 Å². The molecule has 1 aliphatic rings. The fraction of sp³-hybridized carbons (Fsp3) is 0.120. The van der Waals surface area contributed by atoms with Crippen molar-refractivity contribution in [1.82, 2.24) is 9.88 Å². The third-order valence-corrected chi connectivity index (χ3v) is 6.50. The lowest BCUT2D eigenvalue weighted by atomic mass is 9.94. The number of non-ortho nitro benzene ring substituents is 1. The molecule has 3 aromatic carbocycles. The van der Waals surface area contributed by atoms with Gasteiger partial charge in [-0.3, -0.25) is 29.4 Å². The quantitative estimate of drug-likeness (QED) is 0.226. The molecule has 10 heteroatoms. The van der Waals surface area contributed by atoms with Crippen LogP contribution in [0.5, 0.6) is 0 Å². The lowest BCUT2D eigenvalue weighted by Crippen LogP contribution is -2.41. The van der Waals surface area contributed by atoms with E-state index in [0.717, 1.165) is 5.39 Å². The van der Waals surface area contributed by atoms with Crippen LogP contribution in [0.25, 0.3) is 22.0 Å². The molecule has 0 saturated heterocycles. The van der Waals surface area contributed by atoms with Crippen molar-refractivity contribution in [3.05, 3.63) is 87.3 Å². The Hall–Kier alpha value is -4.44. The van der Waals surface area contributed by atoms with Crippen molar-refractivity contribution in [2.45, 2.75) is 12.8 Å². The van der Waals surface area contributed by atoms with Crippen molar-refractivity contribution < 1.29 is 19.3 Å². The molecule has 0 bridgehead atoms. The van der Waals surface area contributed by atoms with Crippen LogP contribution in [0.3, 0.4) is 0 Å². The van der Waals surface area contributed by atoms with E-state index in [9.17, 15) is 24.5 Å². The first kappa shape index (κ1) is 22.4. The second-order valence-corrected chi connectivity index (χ2v) is 8.83. The minimum Gasteiger partial charge on any atom is -0.302 e. The summed E-state index contributed by atoms with van der Waals surface area (Å²) in [5, 5.41) is 17.3. The number of hydrogen-bond acceptors (Lipinski definition) is 7. The molecule has 0 saturated carbocycles. The molecule has 174 valence electrons. The highest BCUT2D eigenvalue weighted by Gasteiger charge is 2.32. The topological polar surface area (TPSA) is 123 Å². The number of anilines is 1. The highest BCUT2D eigenvalue weighted by Crippen LogP contribution is 2.30. The molecule has 35 heavy (non-hydrogen) atoms. The smallest absolute Gasteiger partial charge is 0.270 e. The summed E-state index contributed by atoms with van der Waals surface area (Å²) < 4.78 is 0.